The summed E-state index contributed by atoms with van der Waals surface area (Å²) in [5.74, 6) is 0.443. The molecule has 0 saturated carbocycles. The first kappa shape index (κ1) is 15.1. The molecule has 2 heteroatoms. The van der Waals surface area contributed by atoms with Crippen molar-refractivity contribution in [2.24, 2.45) is 0 Å². The summed E-state index contributed by atoms with van der Waals surface area (Å²) in [6.07, 6.45) is 1.04. The van der Waals surface area contributed by atoms with Gasteiger partial charge in [-0.25, -0.2) is 0 Å². The lowest BCUT2D eigenvalue weighted by atomic mass is 9.88. The van der Waals surface area contributed by atoms with E-state index in [-0.39, 0.29) is 0 Å². The Kier molecular flexibility index (Phi) is 5.22. The highest BCUT2D eigenvalue weighted by Gasteiger charge is 2.14. The first-order chi connectivity index (χ1) is 9.61. The van der Waals surface area contributed by atoms with Crippen molar-refractivity contribution >= 4 is 11.6 Å². The van der Waals surface area contributed by atoms with E-state index in [1.807, 2.05) is 19.2 Å². The van der Waals surface area contributed by atoms with Gasteiger partial charge in [-0.2, -0.15) is 0 Å². The highest BCUT2D eigenvalue weighted by Crippen LogP contribution is 2.26. The van der Waals surface area contributed by atoms with Crippen molar-refractivity contribution in [2.75, 3.05) is 13.6 Å². The van der Waals surface area contributed by atoms with E-state index in [1.54, 1.807) is 0 Å². The van der Waals surface area contributed by atoms with Gasteiger partial charge < -0.3 is 5.32 Å². The molecule has 106 valence electrons. The Hall–Kier alpha value is -1.31. The predicted molar refractivity (Wildman–Crippen MR) is 87.7 cm³/mol. The minimum Gasteiger partial charge on any atom is -0.319 e. The zero-order valence-corrected chi connectivity index (χ0v) is 13.2. The molecule has 20 heavy (non-hydrogen) atoms. The van der Waals surface area contributed by atoms with Crippen molar-refractivity contribution < 1.29 is 0 Å². The lowest BCUT2D eigenvalue weighted by molar-refractivity contribution is 0.623. The molecule has 0 saturated heterocycles. The number of nitrogens with one attached hydrogen (secondary N) is 1. The zero-order chi connectivity index (χ0) is 14.5. The first-order valence-corrected chi connectivity index (χ1v) is 7.44. The Labute approximate surface area is 127 Å². The lowest BCUT2D eigenvalue weighted by Crippen LogP contribution is -2.20. The molecule has 0 aliphatic rings. The molecule has 1 unspecified atom stereocenters. The van der Waals surface area contributed by atoms with Crippen LogP contribution in [0.15, 0.2) is 42.5 Å². The van der Waals surface area contributed by atoms with Crippen LogP contribution in [0, 0.1) is 13.8 Å². The molecule has 0 aliphatic heterocycles. The molecular formula is C18H22ClN. The van der Waals surface area contributed by atoms with E-state index in [0.717, 1.165) is 18.0 Å². The first-order valence-electron chi connectivity index (χ1n) is 7.07. The van der Waals surface area contributed by atoms with Crippen LogP contribution in [0.3, 0.4) is 0 Å². The third-order valence-corrected chi connectivity index (χ3v) is 4.10. The summed E-state index contributed by atoms with van der Waals surface area (Å²) in [4.78, 5) is 0. The van der Waals surface area contributed by atoms with Crippen LogP contribution in [-0.2, 0) is 6.42 Å². The number of likely N-dealkylation sites (N-methyl/N-ethyl adjacent to an activating group) is 1. The maximum absolute atomic E-state index is 6.13. The lowest BCUT2D eigenvalue weighted by Gasteiger charge is -2.20. The van der Waals surface area contributed by atoms with E-state index in [0.29, 0.717) is 5.92 Å². The van der Waals surface area contributed by atoms with Gasteiger partial charge in [0.15, 0.2) is 0 Å². The Morgan fingerprint density at radius 2 is 1.70 bits per heavy atom. The van der Waals surface area contributed by atoms with E-state index >= 15 is 0 Å². The van der Waals surface area contributed by atoms with Gasteiger partial charge in [0.1, 0.15) is 0 Å². The summed E-state index contributed by atoms with van der Waals surface area (Å²) < 4.78 is 0. The topological polar surface area (TPSA) is 12.0 Å². The van der Waals surface area contributed by atoms with Crippen LogP contribution in [0.5, 0.6) is 0 Å². The normalized spacial score (nSPS) is 12.4. The van der Waals surface area contributed by atoms with Gasteiger partial charge in [-0.3, -0.25) is 0 Å². The van der Waals surface area contributed by atoms with Gasteiger partial charge in [0.2, 0.25) is 0 Å². The molecule has 2 rings (SSSR count). The van der Waals surface area contributed by atoms with Crippen LogP contribution in [0.25, 0.3) is 0 Å². The molecule has 1 N–H and O–H groups in total. The monoisotopic (exact) mass is 287 g/mol. The number of hydrogen-bond donors (Lipinski definition) is 1. The summed E-state index contributed by atoms with van der Waals surface area (Å²) >= 11 is 6.13. The quantitative estimate of drug-likeness (QED) is 0.853. The van der Waals surface area contributed by atoms with Gasteiger partial charge in [-0.1, -0.05) is 41.9 Å². The molecule has 0 radical (unpaired) electrons. The summed E-state index contributed by atoms with van der Waals surface area (Å²) in [5.41, 5.74) is 5.49. The molecule has 0 bridgehead atoms. The Morgan fingerprint density at radius 3 is 2.30 bits per heavy atom. The van der Waals surface area contributed by atoms with Crippen LogP contribution >= 0.6 is 11.6 Å². The van der Waals surface area contributed by atoms with Gasteiger partial charge in [-0.05, 0) is 61.7 Å². The molecule has 0 aliphatic carbocycles. The number of hydrogen-bond acceptors (Lipinski definition) is 1. The number of aryl methyl sites for hydroxylation is 2. The highest BCUT2D eigenvalue weighted by atomic mass is 35.5. The van der Waals surface area contributed by atoms with Gasteiger partial charge in [0, 0.05) is 17.5 Å². The minimum atomic E-state index is 0.443. The fourth-order valence-corrected chi connectivity index (χ4v) is 2.93. The molecule has 0 fully saturated rings. The second-order valence-corrected chi connectivity index (χ2v) is 5.82. The van der Waals surface area contributed by atoms with Gasteiger partial charge in [0.25, 0.3) is 0 Å². The van der Waals surface area contributed by atoms with Gasteiger partial charge >= 0.3 is 0 Å². The predicted octanol–water partition coefficient (Wildman–Crippen LogP) is 4.50. The van der Waals surface area contributed by atoms with Crippen molar-refractivity contribution in [1.82, 2.24) is 5.32 Å². The molecule has 0 spiro atoms. The Balaban J connectivity index is 2.30. The smallest absolute Gasteiger partial charge is 0.0408 e. The zero-order valence-electron chi connectivity index (χ0n) is 12.4. The van der Waals surface area contributed by atoms with E-state index in [2.05, 4.69) is 49.5 Å². The second kappa shape index (κ2) is 6.92. The highest BCUT2D eigenvalue weighted by molar-refractivity contribution is 6.30. The van der Waals surface area contributed by atoms with Crippen LogP contribution in [-0.4, -0.2) is 13.6 Å². The van der Waals surface area contributed by atoms with Crippen molar-refractivity contribution in [2.45, 2.75) is 26.2 Å². The summed E-state index contributed by atoms with van der Waals surface area (Å²) in [7, 11) is 2.00. The molecule has 1 nitrogen and oxygen atoms in total. The van der Waals surface area contributed by atoms with Crippen LogP contribution < -0.4 is 5.32 Å². The van der Waals surface area contributed by atoms with Crippen LogP contribution in [0.4, 0.5) is 0 Å². The van der Waals surface area contributed by atoms with Crippen LogP contribution in [0.1, 0.15) is 28.2 Å². The van der Waals surface area contributed by atoms with E-state index in [9.17, 15) is 0 Å². The Morgan fingerprint density at radius 1 is 1.05 bits per heavy atom. The van der Waals surface area contributed by atoms with Crippen molar-refractivity contribution in [1.29, 1.82) is 0 Å². The van der Waals surface area contributed by atoms with E-state index in [1.165, 1.54) is 22.3 Å². The van der Waals surface area contributed by atoms with Crippen molar-refractivity contribution in [3.05, 3.63) is 69.7 Å². The van der Waals surface area contributed by atoms with Gasteiger partial charge in [-0.15, -0.1) is 0 Å². The molecule has 0 heterocycles. The van der Waals surface area contributed by atoms with Gasteiger partial charge in [0.05, 0.1) is 0 Å². The fraction of sp³-hybridized carbons (Fsp3) is 0.333. The minimum absolute atomic E-state index is 0.443. The molecule has 2 aromatic rings. The summed E-state index contributed by atoms with van der Waals surface area (Å²) in [6.45, 7) is 5.33. The average Bonchev–Trinajstić information content (AvgIpc) is 2.42. The Bertz CT molecular complexity index is 557. The van der Waals surface area contributed by atoms with Crippen LogP contribution in [0.2, 0.25) is 5.02 Å². The maximum Gasteiger partial charge on any atom is 0.0408 e. The number of halogens is 1. The molecule has 0 amide bonds. The van der Waals surface area contributed by atoms with Crippen molar-refractivity contribution in [3.63, 3.8) is 0 Å². The molecular weight excluding hydrogens is 266 g/mol. The summed E-state index contributed by atoms with van der Waals surface area (Å²) in [6, 6.07) is 14.7. The maximum atomic E-state index is 6.13. The third-order valence-electron chi connectivity index (χ3n) is 3.87. The third kappa shape index (κ3) is 3.62. The van der Waals surface area contributed by atoms with E-state index in [4.69, 9.17) is 11.6 Å². The SMILES string of the molecule is CNCC(Cc1c(C)cccc1C)c1cccc(Cl)c1. The van der Waals surface area contributed by atoms with Crippen molar-refractivity contribution in [3.8, 4) is 0 Å². The molecule has 2 aromatic carbocycles. The molecule has 0 aromatic heterocycles. The number of rotatable bonds is 5. The standard InChI is InChI=1S/C18H22ClN/c1-13-6-4-7-14(2)18(13)11-16(12-20-3)15-8-5-9-17(19)10-15/h4-10,16,20H,11-12H2,1-3H3. The second-order valence-electron chi connectivity index (χ2n) is 5.38. The fourth-order valence-electron chi connectivity index (χ4n) is 2.73. The summed E-state index contributed by atoms with van der Waals surface area (Å²) in [5, 5.41) is 4.11. The van der Waals surface area contributed by atoms with E-state index < -0.39 is 0 Å². The molecule has 1 atom stereocenters. The number of benzene rings is 2. The largest absolute Gasteiger partial charge is 0.319 e. The average molecular weight is 288 g/mol.